The van der Waals surface area contributed by atoms with E-state index >= 15 is 0 Å². The lowest BCUT2D eigenvalue weighted by Crippen LogP contribution is -2.13. The van der Waals surface area contributed by atoms with E-state index in [2.05, 4.69) is 9.97 Å². The molecule has 2 aliphatic rings. The van der Waals surface area contributed by atoms with Gasteiger partial charge in [0.05, 0.1) is 22.8 Å². The molecule has 2 aromatic heterocycles. The number of hydrogen-bond donors (Lipinski definition) is 2. The number of nitrogens with zero attached hydrogens (tertiary/aromatic N) is 2. The molecule has 0 spiro atoms. The highest BCUT2D eigenvalue weighted by Gasteiger charge is 2.23. The number of benzene rings is 2. The number of H-pyrrole nitrogens is 2. The third-order valence-corrected chi connectivity index (χ3v) is 6.76. The summed E-state index contributed by atoms with van der Waals surface area (Å²) in [5.41, 5.74) is 9.12. The maximum absolute atomic E-state index is 6.23. The minimum atomic E-state index is 0.766. The van der Waals surface area contributed by atoms with Crippen molar-refractivity contribution < 1.29 is 0 Å². The molecule has 4 aromatic rings. The topological polar surface area (TPSA) is 56.3 Å². The summed E-state index contributed by atoms with van der Waals surface area (Å²) in [7, 11) is 0. The minimum Gasteiger partial charge on any atom is -0.353 e. The molecule has 0 unspecified atom stereocenters. The SMILES string of the molecule is Clc1ccc2[nH]c3c(c2c1)CCC/C3=N/N=C1/CCCc2c1[nH]c1ccc(Cl)cc21. The third-order valence-electron chi connectivity index (χ3n) is 6.29. The Hall–Kier alpha value is -2.56. The quantitative estimate of drug-likeness (QED) is 0.308. The van der Waals surface area contributed by atoms with Crippen molar-refractivity contribution in [2.24, 2.45) is 10.2 Å². The van der Waals surface area contributed by atoms with Crippen LogP contribution in [0.3, 0.4) is 0 Å². The standard InChI is InChI=1S/C24H20Cl2N4/c25-13-7-9-19-17(11-13)15-3-1-5-21(23(15)27-19)29-30-22-6-2-4-16-18-12-14(26)8-10-20(18)28-24(16)22/h7-12,27-28H,1-6H2/b29-21-,30-22-. The van der Waals surface area contributed by atoms with Crippen LogP contribution in [0.5, 0.6) is 0 Å². The van der Waals surface area contributed by atoms with Crippen molar-refractivity contribution in [1.29, 1.82) is 0 Å². The van der Waals surface area contributed by atoms with E-state index in [1.165, 1.54) is 21.9 Å². The lowest BCUT2D eigenvalue weighted by molar-refractivity contribution is 0.827. The fraction of sp³-hybridized carbons (Fsp3) is 0.250. The first-order valence-electron chi connectivity index (χ1n) is 10.4. The largest absolute Gasteiger partial charge is 0.353 e. The van der Waals surface area contributed by atoms with Crippen LogP contribution in [0.15, 0.2) is 46.6 Å². The molecular weight excluding hydrogens is 415 g/mol. The van der Waals surface area contributed by atoms with Crippen molar-refractivity contribution in [2.75, 3.05) is 0 Å². The maximum Gasteiger partial charge on any atom is 0.0868 e. The number of aromatic amines is 2. The van der Waals surface area contributed by atoms with Gasteiger partial charge in [0.1, 0.15) is 0 Å². The van der Waals surface area contributed by atoms with Gasteiger partial charge in [-0.2, -0.15) is 10.2 Å². The summed E-state index contributed by atoms with van der Waals surface area (Å²) in [4.78, 5) is 7.09. The number of halogens is 2. The number of hydrogen-bond acceptors (Lipinski definition) is 2. The highest BCUT2D eigenvalue weighted by molar-refractivity contribution is 6.31. The highest BCUT2D eigenvalue weighted by atomic mass is 35.5. The maximum atomic E-state index is 6.23. The van der Waals surface area contributed by atoms with E-state index in [9.17, 15) is 0 Å². The van der Waals surface area contributed by atoms with Crippen LogP contribution in [-0.2, 0) is 12.8 Å². The van der Waals surface area contributed by atoms with Gasteiger partial charge in [0.25, 0.3) is 0 Å². The lowest BCUT2D eigenvalue weighted by atomic mass is 9.94. The van der Waals surface area contributed by atoms with Gasteiger partial charge in [0, 0.05) is 31.9 Å². The number of rotatable bonds is 1. The van der Waals surface area contributed by atoms with Crippen LogP contribution in [0.4, 0.5) is 0 Å². The van der Waals surface area contributed by atoms with E-state index < -0.39 is 0 Å². The van der Waals surface area contributed by atoms with Crippen LogP contribution in [0.1, 0.15) is 48.2 Å². The van der Waals surface area contributed by atoms with Gasteiger partial charge < -0.3 is 9.97 Å². The Morgan fingerprint density at radius 1 is 0.633 bits per heavy atom. The lowest BCUT2D eigenvalue weighted by Gasteiger charge is -2.15. The minimum absolute atomic E-state index is 0.766. The van der Waals surface area contributed by atoms with E-state index in [1.54, 1.807) is 0 Å². The van der Waals surface area contributed by atoms with E-state index in [0.717, 1.165) is 82.4 Å². The van der Waals surface area contributed by atoms with Crippen LogP contribution in [0.2, 0.25) is 10.0 Å². The second-order valence-electron chi connectivity index (χ2n) is 8.14. The van der Waals surface area contributed by atoms with Crippen LogP contribution in [0.25, 0.3) is 21.8 Å². The molecular formula is C24H20Cl2N4. The first-order chi connectivity index (χ1) is 14.7. The van der Waals surface area contributed by atoms with Gasteiger partial charge in [-0.3, -0.25) is 0 Å². The van der Waals surface area contributed by atoms with Gasteiger partial charge in [-0.25, -0.2) is 0 Å². The molecule has 2 N–H and O–H groups in total. The summed E-state index contributed by atoms with van der Waals surface area (Å²) in [6.45, 7) is 0. The zero-order chi connectivity index (χ0) is 20.2. The van der Waals surface area contributed by atoms with Crippen molar-refractivity contribution in [3.8, 4) is 0 Å². The zero-order valence-electron chi connectivity index (χ0n) is 16.4. The molecule has 4 nitrogen and oxygen atoms in total. The molecule has 0 aliphatic heterocycles. The summed E-state index contributed by atoms with van der Waals surface area (Å²) < 4.78 is 0. The molecule has 0 bridgehead atoms. The fourth-order valence-corrected chi connectivity index (χ4v) is 5.23. The van der Waals surface area contributed by atoms with E-state index in [1.807, 2.05) is 36.4 Å². The van der Waals surface area contributed by atoms with Crippen LogP contribution in [-0.4, -0.2) is 21.4 Å². The molecule has 0 fully saturated rings. The van der Waals surface area contributed by atoms with Crippen LogP contribution < -0.4 is 0 Å². The zero-order valence-corrected chi connectivity index (χ0v) is 17.9. The second-order valence-corrected chi connectivity index (χ2v) is 9.01. The fourth-order valence-electron chi connectivity index (χ4n) is 4.89. The van der Waals surface area contributed by atoms with Gasteiger partial charge in [0.2, 0.25) is 0 Å². The molecule has 2 aromatic carbocycles. The third kappa shape index (κ3) is 2.90. The molecule has 0 atom stereocenters. The predicted octanol–water partition coefficient (Wildman–Crippen LogP) is 6.82. The molecule has 6 heteroatoms. The van der Waals surface area contributed by atoms with Gasteiger partial charge in [-0.05, 0) is 86.1 Å². The van der Waals surface area contributed by atoms with Gasteiger partial charge >= 0.3 is 0 Å². The number of nitrogens with one attached hydrogen (secondary N) is 2. The van der Waals surface area contributed by atoms with Crippen molar-refractivity contribution >= 4 is 56.4 Å². The van der Waals surface area contributed by atoms with E-state index in [-0.39, 0.29) is 0 Å². The summed E-state index contributed by atoms with van der Waals surface area (Å²) in [5.74, 6) is 0. The average molecular weight is 435 g/mol. The molecule has 6 rings (SSSR count). The Balaban J connectivity index is 1.44. The summed E-state index contributed by atoms with van der Waals surface area (Å²) >= 11 is 12.5. The number of aromatic nitrogens is 2. The monoisotopic (exact) mass is 434 g/mol. The molecule has 0 radical (unpaired) electrons. The molecule has 150 valence electrons. The molecule has 30 heavy (non-hydrogen) atoms. The Kier molecular flexibility index (Phi) is 4.25. The molecule has 2 heterocycles. The van der Waals surface area contributed by atoms with E-state index in [0.29, 0.717) is 0 Å². The Morgan fingerprint density at radius 2 is 1.10 bits per heavy atom. The van der Waals surface area contributed by atoms with Gasteiger partial charge in [0.15, 0.2) is 0 Å². The van der Waals surface area contributed by atoms with Gasteiger partial charge in [-0.15, -0.1) is 0 Å². The summed E-state index contributed by atoms with van der Waals surface area (Å²) in [5, 5.41) is 13.4. The molecule has 0 saturated heterocycles. The van der Waals surface area contributed by atoms with Crippen molar-refractivity contribution in [1.82, 2.24) is 9.97 Å². The number of aryl methyl sites for hydroxylation is 2. The van der Waals surface area contributed by atoms with Crippen LogP contribution in [0, 0.1) is 0 Å². The molecule has 0 amide bonds. The van der Waals surface area contributed by atoms with Crippen LogP contribution >= 0.6 is 23.2 Å². The smallest absolute Gasteiger partial charge is 0.0868 e. The van der Waals surface area contributed by atoms with Crippen molar-refractivity contribution in [2.45, 2.75) is 38.5 Å². The number of fused-ring (bicyclic) bond motifs is 6. The summed E-state index contributed by atoms with van der Waals surface area (Å²) in [6.07, 6.45) is 6.09. The van der Waals surface area contributed by atoms with Crippen molar-refractivity contribution in [3.63, 3.8) is 0 Å². The first kappa shape index (κ1) is 18.2. The van der Waals surface area contributed by atoms with Gasteiger partial charge in [-0.1, -0.05) is 23.2 Å². The normalized spacial score (nSPS) is 19.0. The molecule has 0 saturated carbocycles. The van der Waals surface area contributed by atoms with Crippen molar-refractivity contribution in [3.05, 3.63) is 69.0 Å². The van der Waals surface area contributed by atoms with E-state index in [4.69, 9.17) is 33.4 Å². The Labute approximate surface area is 184 Å². The Morgan fingerprint density at radius 3 is 1.57 bits per heavy atom. The second kappa shape index (κ2) is 7.00. The summed E-state index contributed by atoms with van der Waals surface area (Å²) in [6, 6.07) is 12.0. The first-order valence-corrected chi connectivity index (χ1v) is 11.2. The average Bonchev–Trinajstić information content (AvgIpc) is 3.31. The highest BCUT2D eigenvalue weighted by Crippen LogP contribution is 2.33. The molecule has 2 aliphatic carbocycles. The Bertz CT molecular complexity index is 1270. The predicted molar refractivity (Wildman–Crippen MR) is 126 cm³/mol.